The predicted octanol–water partition coefficient (Wildman–Crippen LogP) is 2.79. The van der Waals surface area contributed by atoms with Crippen LogP contribution in [-0.2, 0) is 9.59 Å². The Hall–Kier alpha value is -3.15. The molecule has 0 aliphatic rings. The number of ketones is 2. The first kappa shape index (κ1) is 18.2. The number of hydrogen-bond acceptors (Lipinski definition) is 5. The summed E-state index contributed by atoms with van der Waals surface area (Å²) in [5.74, 6) is -1.19. The second kappa shape index (κ2) is 8.10. The van der Waals surface area contributed by atoms with Gasteiger partial charge in [0.1, 0.15) is 11.5 Å². The summed E-state index contributed by atoms with van der Waals surface area (Å²) in [7, 11) is 2.95. The first-order valence-corrected chi connectivity index (χ1v) is 7.60. The lowest BCUT2D eigenvalue weighted by atomic mass is 10.1. The van der Waals surface area contributed by atoms with Crippen molar-refractivity contribution in [2.75, 3.05) is 19.5 Å². The highest BCUT2D eigenvalue weighted by Gasteiger charge is 2.20. The van der Waals surface area contributed by atoms with E-state index in [0.29, 0.717) is 22.7 Å². The van der Waals surface area contributed by atoms with Crippen LogP contribution >= 0.6 is 0 Å². The Bertz CT molecular complexity index is 813. The molecule has 0 bridgehead atoms. The van der Waals surface area contributed by atoms with Crippen molar-refractivity contribution in [3.63, 3.8) is 0 Å². The van der Waals surface area contributed by atoms with Gasteiger partial charge in [0, 0.05) is 5.56 Å². The highest BCUT2D eigenvalue weighted by Crippen LogP contribution is 2.25. The summed E-state index contributed by atoms with van der Waals surface area (Å²) in [4.78, 5) is 36.3. The minimum Gasteiger partial charge on any atom is -0.497 e. The Morgan fingerprint density at radius 2 is 1.76 bits per heavy atom. The smallest absolute Gasteiger partial charge is 0.292 e. The third-order valence-electron chi connectivity index (χ3n) is 3.57. The maximum Gasteiger partial charge on any atom is 0.292 e. The van der Waals surface area contributed by atoms with Crippen molar-refractivity contribution in [1.82, 2.24) is 0 Å². The van der Waals surface area contributed by atoms with E-state index < -0.39 is 23.9 Å². The molecule has 2 aromatic rings. The number of carbonyl (C=O) groups excluding carboxylic acids is 3. The van der Waals surface area contributed by atoms with Crippen molar-refractivity contribution in [3.8, 4) is 11.5 Å². The Balaban J connectivity index is 2.06. The van der Waals surface area contributed by atoms with Crippen LogP contribution in [0.2, 0.25) is 0 Å². The first-order valence-electron chi connectivity index (χ1n) is 7.60. The van der Waals surface area contributed by atoms with Crippen LogP contribution < -0.4 is 14.8 Å². The van der Waals surface area contributed by atoms with Gasteiger partial charge in [-0.15, -0.1) is 0 Å². The fourth-order valence-corrected chi connectivity index (χ4v) is 2.24. The highest BCUT2D eigenvalue weighted by molar-refractivity contribution is 6.44. The number of amides is 1. The summed E-state index contributed by atoms with van der Waals surface area (Å²) >= 11 is 0. The molecule has 25 heavy (non-hydrogen) atoms. The molecule has 0 heterocycles. The van der Waals surface area contributed by atoms with Gasteiger partial charge in [0.25, 0.3) is 5.91 Å². The van der Waals surface area contributed by atoms with Crippen molar-refractivity contribution >= 4 is 23.2 Å². The molecule has 0 fully saturated rings. The molecule has 0 saturated carbocycles. The van der Waals surface area contributed by atoms with Crippen LogP contribution in [0, 0.1) is 6.92 Å². The number of anilines is 1. The van der Waals surface area contributed by atoms with Crippen LogP contribution in [0.25, 0.3) is 0 Å². The molecule has 0 atom stereocenters. The SMILES string of the molecule is COc1cccc(C(=O)CC(=O)C(=O)Nc2cc(C)ccc2OC)c1. The molecule has 2 aromatic carbocycles. The van der Waals surface area contributed by atoms with Crippen molar-refractivity contribution < 1.29 is 23.9 Å². The molecule has 0 aliphatic carbocycles. The fraction of sp³-hybridized carbons (Fsp3) is 0.211. The molecule has 6 heteroatoms. The van der Waals surface area contributed by atoms with Gasteiger partial charge in [0.15, 0.2) is 5.78 Å². The highest BCUT2D eigenvalue weighted by atomic mass is 16.5. The number of benzene rings is 2. The monoisotopic (exact) mass is 341 g/mol. The molecule has 1 amide bonds. The molecule has 0 spiro atoms. The van der Waals surface area contributed by atoms with Gasteiger partial charge in [0.2, 0.25) is 5.78 Å². The van der Waals surface area contributed by atoms with E-state index in [0.717, 1.165) is 5.56 Å². The molecule has 2 rings (SSSR count). The van der Waals surface area contributed by atoms with Gasteiger partial charge in [0.05, 0.1) is 26.3 Å². The topological polar surface area (TPSA) is 81.7 Å². The number of nitrogens with one attached hydrogen (secondary N) is 1. The summed E-state index contributed by atoms with van der Waals surface area (Å²) in [6.07, 6.45) is -0.521. The molecule has 0 saturated heterocycles. The van der Waals surface area contributed by atoms with Crippen LogP contribution in [-0.4, -0.2) is 31.7 Å². The maximum absolute atomic E-state index is 12.2. The van der Waals surface area contributed by atoms with E-state index in [4.69, 9.17) is 9.47 Å². The van der Waals surface area contributed by atoms with E-state index in [9.17, 15) is 14.4 Å². The van der Waals surface area contributed by atoms with E-state index in [1.165, 1.54) is 20.3 Å². The van der Waals surface area contributed by atoms with E-state index in [-0.39, 0.29) is 0 Å². The minimum absolute atomic E-state index is 0.314. The Kier molecular flexibility index (Phi) is 5.89. The molecule has 130 valence electrons. The van der Waals surface area contributed by atoms with E-state index in [1.54, 1.807) is 30.3 Å². The summed E-state index contributed by atoms with van der Waals surface area (Å²) in [5.41, 5.74) is 1.60. The molecular weight excluding hydrogens is 322 g/mol. The van der Waals surface area contributed by atoms with Gasteiger partial charge in [-0.2, -0.15) is 0 Å². The summed E-state index contributed by atoms with van der Waals surface area (Å²) < 4.78 is 10.2. The third-order valence-corrected chi connectivity index (χ3v) is 3.57. The van der Waals surface area contributed by atoms with Crippen molar-refractivity contribution in [2.45, 2.75) is 13.3 Å². The lowest BCUT2D eigenvalue weighted by molar-refractivity contribution is -0.134. The summed E-state index contributed by atoms with van der Waals surface area (Å²) in [6, 6.07) is 11.6. The molecule has 0 aliphatic heterocycles. The third kappa shape index (κ3) is 4.67. The Labute approximate surface area is 145 Å². The zero-order chi connectivity index (χ0) is 18.4. The molecule has 1 N–H and O–H groups in total. The average molecular weight is 341 g/mol. The summed E-state index contributed by atoms with van der Waals surface area (Å²) in [6.45, 7) is 1.85. The number of ether oxygens (including phenoxy) is 2. The standard InChI is InChI=1S/C19H19NO5/c1-12-7-8-18(25-3)15(9-12)20-19(23)17(22)11-16(21)13-5-4-6-14(10-13)24-2/h4-10H,11H2,1-3H3,(H,20,23). The molecule has 0 unspecified atom stereocenters. The number of methoxy groups -OCH3 is 2. The van der Waals surface area contributed by atoms with E-state index in [1.807, 2.05) is 13.0 Å². The number of Topliss-reactive ketones (excluding diaryl/α,β-unsaturated/α-hetero) is 2. The van der Waals surface area contributed by atoms with Gasteiger partial charge in [-0.25, -0.2) is 0 Å². The van der Waals surface area contributed by atoms with E-state index >= 15 is 0 Å². The number of carbonyl (C=O) groups is 3. The summed E-state index contributed by atoms with van der Waals surface area (Å²) in [5, 5.41) is 2.49. The Morgan fingerprint density at radius 1 is 1.00 bits per heavy atom. The van der Waals surface area contributed by atoms with Crippen LogP contribution in [0.1, 0.15) is 22.3 Å². The maximum atomic E-state index is 12.2. The van der Waals surface area contributed by atoms with E-state index in [2.05, 4.69) is 5.32 Å². The lowest BCUT2D eigenvalue weighted by Crippen LogP contribution is -2.25. The zero-order valence-electron chi connectivity index (χ0n) is 14.3. The fourth-order valence-electron chi connectivity index (χ4n) is 2.24. The first-order chi connectivity index (χ1) is 11.9. The van der Waals surface area contributed by atoms with Crippen LogP contribution in [0.4, 0.5) is 5.69 Å². The van der Waals surface area contributed by atoms with Gasteiger partial charge in [-0.3, -0.25) is 14.4 Å². The second-order valence-corrected chi connectivity index (χ2v) is 5.41. The largest absolute Gasteiger partial charge is 0.497 e. The normalized spacial score (nSPS) is 10.0. The zero-order valence-corrected chi connectivity index (χ0v) is 14.3. The second-order valence-electron chi connectivity index (χ2n) is 5.41. The molecule has 6 nitrogen and oxygen atoms in total. The van der Waals surface area contributed by atoms with Gasteiger partial charge in [-0.1, -0.05) is 18.2 Å². The Morgan fingerprint density at radius 3 is 2.44 bits per heavy atom. The van der Waals surface area contributed by atoms with Crippen LogP contribution in [0.15, 0.2) is 42.5 Å². The number of hydrogen-bond donors (Lipinski definition) is 1. The van der Waals surface area contributed by atoms with Crippen LogP contribution in [0.3, 0.4) is 0 Å². The predicted molar refractivity (Wildman–Crippen MR) is 93.3 cm³/mol. The average Bonchev–Trinajstić information content (AvgIpc) is 2.61. The van der Waals surface area contributed by atoms with Crippen molar-refractivity contribution in [1.29, 1.82) is 0 Å². The van der Waals surface area contributed by atoms with Gasteiger partial charge >= 0.3 is 0 Å². The lowest BCUT2D eigenvalue weighted by Gasteiger charge is -2.10. The molecular formula is C19H19NO5. The van der Waals surface area contributed by atoms with Crippen molar-refractivity contribution in [3.05, 3.63) is 53.6 Å². The number of rotatable bonds is 7. The number of aryl methyl sites for hydroxylation is 1. The van der Waals surface area contributed by atoms with Crippen molar-refractivity contribution in [2.24, 2.45) is 0 Å². The van der Waals surface area contributed by atoms with Crippen LogP contribution in [0.5, 0.6) is 11.5 Å². The molecule has 0 radical (unpaired) electrons. The molecule has 0 aromatic heterocycles. The van der Waals surface area contributed by atoms with Gasteiger partial charge in [-0.05, 0) is 36.8 Å². The quantitative estimate of drug-likeness (QED) is 0.476. The minimum atomic E-state index is -0.861. The van der Waals surface area contributed by atoms with Gasteiger partial charge < -0.3 is 14.8 Å².